The molecule has 0 aliphatic carbocycles. The van der Waals surface area contributed by atoms with Gasteiger partial charge in [0.05, 0.1) is 0 Å². The van der Waals surface area contributed by atoms with Crippen molar-refractivity contribution in [3.63, 3.8) is 0 Å². The first-order valence-electron chi connectivity index (χ1n) is 3.34. The van der Waals surface area contributed by atoms with Gasteiger partial charge in [0.25, 0.3) is 0 Å². The maximum Gasteiger partial charge on any atom is 0.394 e. The maximum absolute atomic E-state index is 10.2. The fourth-order valence-corrected chi connectivity index (χ4v) is 0.831. The van der Waals surface area contributed by atoms with Crippen LogP contribution >= 0.6 is 11.8 Å². The van der Waals surface area contributed by atoms with Gasteiger partial charge in [-0.05, 0) is 18.4 Å². The van der Waals surface area contributed by atoms with Gasteiger partial charge in [-0.15, -0.1) is 0 Å². The molecule has 0 fully saturated rings. The molecule has 1 amide bonds. The number of aliphatic hydroxyl groups excluding tert-OH is 1. The van der Waals surface area contributed by atoms with E-state index in [-0.39, 0.29) is 0 Å². The summed E-state index contributed by atoms with van der Waals surface area (Å²) in [4.78, 5) is 10.2. The molecule has 0 rings (SSSR count). The van der Waals surface area contributed by atoms with Crippen LogP contribution in [0.25, 0.3) is 0 Å². The second-order valence-electron chi connectivity index (χ2n) is 2.15. The Morgan fingerprint density at radius 1 is 1.50 bits per heavy atom. The normalized spacial score (nSPS) is 12.6. The van der Waals surface area contributed by atoms with Gasteiger partial charge in [0.2, 0.25) is 5.91 Å². The zero-order valence-electron chi connectivity index (χ0n) is 7.45. The van der Waals surface area contributed by atoms with Gasteiger partial charge in [-0.25, -0.2) is 0 Å². The van der Waals surface area contributed by atoms with E-state index in [0.717, 1.165) is 5.75 Å². The highest BCUT2D eigenvalue weighted by Gasteiger charge is 2.08. The van der Waals surface area contributed by atoms with Crippen molar-refractivity contribution in [1.29, 1.82) is 0 Å². The Balaban J connectivity index is 0. The molecule has 5 N–H and O–H groups in total. The summed E-state index contributed by atoms with van der Waals surface area (Å²) in [5.74, 6) is 0.133. The number of carbonyl (C=O) groups excluding carboxylic acids is 1. The van der Waals surface area contributed by atoms with E-state index >= 15 is 0 Å². The van der Waals surface area contributed by atoms with E-state index in [1.165, 1.54) is 0 Å². The van der Waals surface area contributed by atoms with Crippen LogP contribution in [-0.2, 0) is 15.2 Å². The van der Waals surface area contributed by atoms with Crippen LogP contribution in [0.3, 0.4) is 0 Å². The quantitative estimate of drug-likeness (QED) is 0.464. The van der Waals surface area contributed by atoms with Crippen LogP contribution in [0.4, 0.5) is 0 Å². The molecule has 0 spiro atoms. The molecule has 0 saturated carbocycles. The fourth-order valence-electron chi connectivity index (χ4n) is 0.372. The highest BCUT2D eigenvalue weighted by atomic mass is 32.3. The average Bonchev–Trinajstić information content (AvgIpc) is 1.96. The van der Waals surface area contributed by atoms with Crippen molar-refractivity contribution in [2.75, 3.05) is 12.0 Å². The van der Waals surface area contributed by atoms with E-state index < -0.39 is 22.4 Å². The summed E-state index contributed by atoms with van der Waals surface area (Å²) in [5, 5.41) is 8.77. The van der Waals surface area contributed by atoms with E-state index in [0.29, 0.717) is 6.42 Å². The SMILES string of the molecule is CSCCC(O)C(N)=O.O=S(=O)(O)O. The van der Waals surface area contributed by atoms with Crippen molar-refractivity contribution in [1.82, 2.24) is 0 Å². The lowest BCUT2D eigenvalue weighted by Crippen LogP contribution is -2.28. The van der Waals surface area contributed by atoms with Gasteiger partial charge in [0.15, 0.2) is 0 Å². The van der Waals surface area contributed by atoms with Crippen LogP contribution in [0.2, 0.25) is 0 Å². The van der Waals surface area contributed by atoms with Crippen LogP contribution in [0.15, 0.2) is 0 Å². The Bertz CT molecular complexity index is 243. The molecule has 0 aliphatic rings. The Morgan fingerprint density at radius 3 is 2.07 bits per heavy atom. The Labute approximate surface area is 86.3 Å². The van der Waals surface area contributed by atoms with Gasteiger partial charge >= 0.3 is 10.4 Å². The lowest BCUT2D eigenvalue weighted by atomic mass is 10.3. The predicted molar refractivity (Wildman–Crippen MR) is 52.4 cm³/mol. The summed E-state index contributed by atoms with van der Waals surface area (Å²) < 4.78 is 31.6. The summed E-state index contributed by atoms with van der Waals surface area (Å²) in [5.41, 5.74) is 4.78. The highest BCUT2D eigenvalue weighted by Crippen LogP contribution is 1.98. The van der Waals surface area contributed by atoms with Crippen molar-refractivity contribution in [3.8, 4) is 0 Å². The van der Waals surface area contributed by atoms with Gasteiger partial charge in [-0.2, -0.15) is 20.2 Å². The van der Waals surface area contributed by atoms with E-state index in [2.05, 4.69) is 0 Å². The third-order valence-electron chi connectivity index (χ3n) is 0.924. The summed E-state index contributed by atoms with van der Waals surface area (Å²) in [6, 6.07) is 0. The lowest BCUT2D eigenvalue weighted by Gasteiger charge is -2.02. The van der Waals surface area contributed by atoms with Crippen molar-refractivity contribution in [3.05, 3.63) is 0 Å². The highest BCUT2D eigenvalue weighted by molar-refractivity contribution is 7.98. The van der Waals surface area contributed by atoms with Crippen LogP contribution in [0.1, 0.15) is 6.42 Å². The molecular weight excluding hydrogens is 234 g/mol. The van der Waals surface area contributed by atoms with E-state index in [4.69, 9.17) is 28.4 Å². The topological polar surface area (TPSA) is 138 Å². The van der Waals surface area contributed by atoms with Crippen molar-refractivity contribution in [2.45, 2.75) is 12.5 Å². The number of hydrogen-bond acceptors (Lipinski definition) is 5. The minimum Gasteiger partial charge on any atom is -0.383 e. The molecule has 0 saturated heterocycles. The van der Waals surface area contributed by atoms with Gasteiger partial charge in [-0.3, -0.25) is 13.9 Å². The number of amides is 1. The molecule has 0 aromatic heterocycles. The number of hydrogen-bond donors (Lipinski definition) is 4. The van der Waals surface area contributed by atoms with Crippen molar-refractivity contribution in [2.24, 2.45) is 5.73 Å². The van der Waals surface area contributed by atoms with Crippen molar-refractivity contribution >= 4 is 28.1 Å². The largest absolute Gasteiger partial charge is 0.394 e. The van der Waals surface area contributed by atoms with Crippen LogP contribution < -0.4 is 5.73 Å². The number of primary amides is 1. The number of nitrogens with two attached hydrogens (primary N) is 1. The molecule has 7 nitrogen and oxygen atoms in total. The standard InChI is InChI=1S/C5H11NO2S.H2O4S/c1-9-3-2-4(7)5(6)8;1-5(2,3)4/h4,7H,2-3H2,1H3,(H2,6,8);(H2,1,2,3,4). The number of rotatable bonds is 4. The zero-order chi connectivity index (χ0) is 11.8. The second-order valence-corrected chi connectivity index (χ2v) is 4.03. The first kappa shape index (κ1) is 16.1. The number of thioether (sulfide) groups is 1. The third-order valence-corrected chi connectivity index (χ3v) is 1.57. The average molecular weight is 247 g/mol. The zero-order valence-corrected chi connectivity index (χ0v) is 9.08. The second kappa shape index (κ2) is 8.00. The lowest BCUT2D eigenvalue weighted by molar-refractivity contribution is -0.126. The molecule has 86 valence electrons. The predicted octanol–water partition coefficient (Wildman–Crippen LogP) is -1.07. The summed E-state index contributed by atoms with van der Waals surface area (Å²) in [6.45, 7) is 0. The Morgan fingerprint density at radius 2 is 1.86 bits per heavy atom. The third kappa shape index (κ3) is 22.6. The van der Waals surface area contributed by atoms with Gasteiger partial charge in [0, 0.05) is 0 Å². The fraction of sp³-hybridized carbons (Fsp3) is 0.800. The van der Waals surface area contributed by atoms with Gasteiger partial charge in [0.1, 0.15) is 6.10 Å². The first-order valence-corrected chi connectivity index (χ1v) is 6.13. The Kier molecular flexibility index (Phi) is 9.20. The molecule has 14 heavy (non-hydrogen) atoms. The van der Waals surface area contributed by atoms with Crippen LogP contribution in [-0.4, -0.2) is 46.6 Å². The molecule has 0 aromatic rings. The molecule has 1 unspecified atom stereocenters. The van der Waals surface area contributed by atoms with E-state index in [1.807, 2.05) is 6.26 Å². The van der Waals surface area contributed by atoms with Crippen molar-refractivity contribution < 1.29 is 27.4 Å². The van der Waals surface area contributed by atoms with Gasteiger partial charge in [-0.1, -0.05) is 0 Å². The summed E-state index contributed by atoms with van der Waals surface area (Å²) in [6.07, 6.45) is 1.40. The Hall–Kier alpha value is -0.350. The first-order chi connectivity index (χ1) is 6.18. The maximum atomic E-state index is 10.2. The van der Waals surface area contributed by atoms with Gasteiger partial charge < -0.3 is 10.8 Å². The summed E-state index contributed by atoms with van der Waals surface area (Å²) in [7, 11) is -4.67. The minimum absolute atomic E-state index is 0.455. The summed E-state index contributed by atoms with van der Waals surface area (Å²) >= 11 is 1.58. The van der Waals surface area contributed by atoms with E-state index in [9.17, 15) is 4.79 Å². The van der Waals surface area contributed by atoms with Crippen LogP contribution in [0.5, 0.6) is 0 Å². The number of carbonyl (C=O) groups is 1. The molecule has 0 radical (unpaired) electrons. The molecule has 1 atom stereocenters. The molecule has 0 aromatic carbocycles. The number of aliphatic hydroxyl groups is 1. The molecule has 9 heteroatoms. The molecular formula is C5H13NO6S2. The molecule has 0 aliphatic heterocycles. The van der Waals surface area contributed by atoms with Crippen LogP contribution in [0, 0.1) is 0 Å². The molecule has 0 bridgehead atoms. The monoisotopic (exact) mass is 247 g/mol. The molecule has 0 heterocycles. The minimum atomic E-state index is -4.67. The van der Waals surface area contributed by atoms with E-state index in [1.54, 1.807) is 11.8 Å². The smallest absolute Gasteiger partial charge is 0.383 e.